The fraction of sp³-hybridized carbons (Fsp3) is 0.421. The number of benzene rings is 1. The summed E-state index contributed by atoms with van der Waals surface area (Å²) in [5, 5.41) is 15.6. The molecule has 1 aromatic carbocycles. The predicted molar refractivity (Wildman–Crippen MR) is 99.7 cm³/mol. The van der Waals surface area contributed by atoms with Crippen molar-refractivity contribution in [2.24, 2.45) is 5.41 Å². The Labute approximate surface area is 151 Å². The van der Waals surface area contributed by atoms with E-state index in [4.69, 9.17) is 4.74 Å². The second kappa shape index (κ2) is 6.44. The smallest absolute Gasteiger partial charge is 0.124 e. The summed E-state index contributed by atoms with van der Waals surface area (Å²) in [6.07, 6.45) is 3.60. The van der Waals surface area contributed by atoms with Crippen LogP contribution in [0.3, 0.4) is 0 Å². The van der Waals surface area contributed by atoms with Crippen LogP contribution in [-0.4, -0.2) is 21.3 Å². The van der Waals surface area contributed by atoms with Gasteiger partial charge in [0.2, 0.25) is 0 Å². The molecule has 4 rings (SSSR count). The molecule has 1 unspecified atom stereocenters. The maximum absolute atomic E-state index is 10.2. The Morgan fingerprint density at radius 3 is 2.96 bits per heavy atom. The maximum atomic E-state index is 10.2. The fourth-order valence-corrected chi connectivity index (χ4v) is 3.61. The second-order valence-electron chi connectivity index (χ2n) is 7.12. The summed E-state index contributed by atoms with van der Waals surface area (Å²) in [4.78, 5) is 8.77. The van der Waals surface area contributed by atoms with Gasteiger partial charge in [-0.15, -0.1) is 11.3 Å². The third-order valence-electron chi connectivity index (χ3n) is 4.88. The van der Waals surface area contributed by atoms with E-state index in [-0.39, 0.29) is 5.41 Å². The number of aryl methyl sites for hydroxylation is 1. The molecule has 6 heteroatoms. The summed E-state index contributed by atoms with van der Waals surface area (Å²) >= 11 is 1.66. The number of hydrogen-bond acceptors (Lipinski definition) is 5. The second-order valence-corrected chi connectivity index (χ2v) is 8.43. The van der Waals surface area contributed by atoms with Gasteiger partial charge in [-0.2, -0.15) is 0 Å². The Morgan fingerprint density at radius 1 is 1.40 bits per heavy atom. The number of aromatic nitrogens is 2. The van der Waals surface area contributed by atoms with Crippen LogP contribution in [0.15, 0.2) is 30.5 Å². The molecule has 25 heavy (non-hydrogen) atoms. The van der Waals surface area contributed by atoms with Gasteiger partial charge in [-0.1, -0.05) is 6.92 Å². The molecule has 1 aliphatic carbocycles. The van der Waals surface area contributed by atoms with E-state index in [1.54, 1.807) is 11.3 Å². The highest BCUT2D eigenvalue weighted by atomic mass is 32.1. The molecule has 132 valence electrons. The topological polar surface area (TPSA) is 70.2 Å². The van der Waals surface area contributed by atoms with Crippen LogP contribution < -0.4 is 10.1 Å². The Kier molecular flexibility index (Phi) is 4.27. The zero-order valence-corrected chi connectivity index (χ0v) is 15.3. The number of nitrogens with one attached hydrogen (secondary N) is 2. The summed E-state index contributed by atoms with van der Waals surface area (Å²) in [6, 6.07) is 8.18. The van der Waals surface area contributed by atoms with Gasteiger partial charge in [-0.3, -0.25) is 5.32 Å². The first-order valence-electron chi connectivity index (χ1n) is 8.59. The number of fused-ring (bicyclic) bond motifs is 1. The predicted octanol–water partition coefficient (Wildman–Crippen LogP) is 3.72. The number of nitrogens with zero attached hydrogens (tertiary/aromatic N) is 1. The van der Waals surface area contributed by atoms with Gasteiger partial charge >= 0.3 is 0 Å². The highest BCUT2D eigenvalue weighted by Gasteiger charge is 2.43. The fourth-order valence-electron chi connectivity index (χ4n) is 2.90. The van der Waals surface area contributed by atoms with Crippen molar-refractivity contribution in [2.45, 2.75) is 46.1 Å². The molecule has 1 atom stereocenters. The van der Waals surface area contributed by atoms with Crippen molar-refractivity contribution in [3.63, 3.8) is 0 Å². The molecule has 1 fully saturated rings. The molecule has 5 nitrogen and oxygen atoms in total. The summed E-state index contributed by atoms with van der Waals surface area (Å²) in [5.41, 5.74) is 2.16. The lowest BCUT2D eigenvalue weighted by Crippen LogP contribution is -2.35. The number of thiazole rings is 1. The minimum Gasteiger partial charge on any atom is -0.488 e. The van der Waals surface area contributed by atoms with Crippen molar-refractivity contribution in [3.8, 4) is 5.75 Å². The van der Waals surface area contributed by atoms with Gasteiger partial charge in [-0.25, -0.2) is 4.98 Å². The van der Waals surface area contributed by atoms with Crippen molar-refractivity contribution in [1.29, 1.82) is 0 Å². The number of aromatic amines is 1. The number of aliphatic hydroxyl groups excluding tert-OH is 1. The van der Waals surface area contributed by atoms with Crippen molar-refractivity contribution in [2.75, 3.05) is 0 Å². The summed E-state index contributed by atoms with van der Waals surface area (Å²) < 4.78 is 5.87. The zero-order chi connectivity index (χ0) is 17.4. The lowest BCUT2D eigenvalue weighted by molar-refractivity contribution is 0.0675. The molecule has 2 heterocycles. The van der Waals surface area contributed by atoms with Crippen LogP contribution in [0.2, 0.25) is 0 Å². The van der Waals surface area contributed by atoms with Crippen LogP contribution in [0.4, 0.5) is 0 Å². The molecule has 0 spiro atoms. The van der Waals surface area contributed by atoms with E-state index in [1.165, 1.54) is 0 Å². The van der Waals surface area contributed by atoms with Crippen LogP contribution in [0.25, 0.3) is 10.9 Å². The van der Waals surface area contributed by atoms with E-state index >= 15 is 0 Å². The highest BCUT2D eigenvalue weighted by Crippen LogP contribution is 2.47. The SMILES string of the molecule is Cc1ncc(COc2ccc3cc(CNC(O)C4(C)CC4)[nH]c3c2)s1. The van der Waals surface area contributed by atoms with E-state index in [0.717, 1.165) is 45.1 Å². The Bertz CT molecular complexity index is 882. The first-order valence-corrected chi connectivity index (χ1v) is 9.41. The minimum absolute atomic E-state index is 0.0576. The molecule has 0 radical (unpaired) electrons. The van der Waals surface area contributed by atoms with Crippen molar-refractivity contribution < 1.29 is 9.84 Å². The first-order chi connectivity index (χ1) is 12.0. The van der Waals surface area contributed by atoms with E-state index < -0.39 is 6.23 Å². The molecule has 1 saturated carbocycles. The summed E-state index contributed by atoms with van der Waals surface area (Å²) in [6.45, 7) is 5.28. The average molecular weight is 357 g/mol. The highest BCUT2D eigenvalue weighted by molar-refractivity contribution is 7.11. The maximum Gasteiger partial charge on any atom is 0.124 e. The first kappa shape index (κ1) is 16.6. The quantitative estimate of drug-likeness (QED) is 0.564. The lowest BCUT2D eigenvalue weighted by atomic mass is 10.1. The third-order valence-corrected chi connectivity index (χ3v) is 5.77. The third kappa shape index (κ3) is 3.71. The Balaban J connectivity index is 1.40. The van der Waals surface area contributed by atoms with E-state index in [9.17, 15) is 5.11 Å². The van der Waals surface area contributed by atoms with Crippen molar-refractivity contribution >= 4 is 22.2 Å². The zero-order valence-electron chi connectivity index (χ0n) is 14.5. The summed E-state index contributed by atoms with van der Waals surface area (Å²) in [5.74, 6) is 0.838. The van der Waals surface area contributed by atoms with Crippen molar-refractivity contribution in [3.05, 3.63) is 46.0 Å². The van der Waals surface area contributed by atoms with E-state index in [0.29, 0.717) is 13.2 Å². The van der Waals surface area contributed by atoms with Gasteiger partial charge in [0.15, 0.2) is 0 Å². The van der Waals surface area contributed by atoms with Crippen LogP contribution in [0, 0.1) is 12.3 Å². The largest absolute Gasteiger partial charge is 0.488 e. The monoisotopic (exact) mass is 357 g/mol. The Morgan fingerprint density at radius 2 is 2.24 bits per heavy atom. The molecule has 0 bridgehead atoms. The average Bonchev–Trinajstić information content (AvgIpc) is 3.04. The molecule has 2 aromatic heterocycles. The molecular formula is C19H23N3O2S. The van der Waals surface area contributed by atoms with Gasteiger partial charge in [0.05, 0.1) is 9.88 Å². The molecule has 0 amide bonds. The van der Waals surface area contributed by atoms with Gasteiger partial charge in [0, 0.05) is 35.4 Å². The standard InChI is InChI=1S/C19H23N3O2S/c1-12-20-10-16(25-12)11-24-15-4-3-13-7-14(22-17(13)8-15)9-21-18(23)19(2)5-6-19/h3-4,7-8,10,18,21-23H,5-6,9,11H2,1-2H3. The number of ether oxygens (including phenoxy) is 1. The molecule has 0 saturated heterocycles. The van der Waals surface area contributed by atoms with Crippen LogP contribution in [0.5, 0.6) is 5.75 Å². The van der Waals surface area contributed by atoms with E-state index in [1.807, 2.05) is 25.3 Å². The summed E-state index contributed by atoms with van der Waals surface area (Å²) in [7, 11) is 0. The normalized spacial score (nSPS) is 16.9. The van der Waals surface area contributed by atoms with Crippen LogP contribution >= 0.6 is 11.3 Å². The van der Waals surface area contributed by atoms with Gasteiger partial charge in [0.1, 0.15) is 18.6 Å². The van der Waals surface area contributed by atoms with Crippen LogP contribution in [0.1, 0.15) is 35.3 Å². The lowest BCUT2D eigenvalue weighted by Gasteiger charge is -2.18. The molecule has 1 aliphatic rings. The Hall–Kier alpha value is -1.89. The van der Waals surface area contributed by atoms with Gasteiger partial charge in [-0.05, 0) is 43.4 Å². The molecule has 0 aliphatic heterocycles. The number of hydrogen-bond donors (Lipinski definition) is 3. The number of rotatable bonds is 7. The number of H-pyrrole nitrogens is 1. The van der Waals surface area contributed by atoms with Crippen molar-refractivity contribution in [1.82, 2.24) is 15.3 Å². The van der Waals surface area contributed by atoms with Crippen LogP contribution in [-0.2, 0) is 13.2 Å². The number of aliphatic hydroxyl groups is 1. The van der Waals surface area contributed by atoms with E-state index in [2.05, 4.69) is 34.3 Å². The van der Waals surface area contributed by atoms with Gasteiger partial charge < -0.3 is 14.8 Å². The minimum atomic E-state index is -0.444. The molecule has 3 N–H and O–H groups in total. The molecular weight excluding hydrogens is 334 g/mol. The molecule has 3 aromatic rings. The van der Waals surface area contributed by atoms with Gasteiger partial charge in [0.25, 0.3) is 0 Å².